The third-order valence-corrected chi connectivity index (χ3v) is 6.15. The Morgan fingerprint density at radius 1 is 1.16 bits per heavy atom. The summed E-state index contributed by atoms with van der Waals surface area (Å²) in [7, 11) is 0. The molecule has 0 radical (unpaired) electrons. The molecule has 1 aliphatic rings. The summed E-state index contributed by atoms with van der Waals surface area (Å²) in [4.78, 5) is 21.8. The van der Waals surface area contributed by atoms with Crippen molar-refractivity contribution in [3.05, 3.63) is 63.3 Å². The van der Waals surface area contributed by atoms with E-state index in [9.17, 15) is 9.18 Å². The monoisotopic (exact) mass is 440 g/mol. The molecule has 5 rings (SSSR count). The lowest BCUT2D eigenvalue weighted by Crippen LogP contribution is -2.36. The first-order valence-electron chi connectivity index (χ1n) is 10.4. The molecule has 2 aromatic heterocycles. The van der Waals surface area contributed by atoms with E-state index in [-0.39, 0.29) is 11.4 Å². The molecule has 0 aliphatic carbocycles. The van der Waals surface area contributed by atoms with Crippen molar-refractivity contribution in [2.45, 2.75) is 18.8 Å². The average Bonchev–Trinajstić information content (AvgIpc) is 3.17. The number of H-pyrrole nitrogens is 2. The van der Waals surface area contributed by atoms with E-state index < -0.39 is 0 Å². The lowest BCUT2D eigenvalue weighted by Gasteiger charge is -2.31. The van der Waals surface area contributed by atoms with E-state index in [4.69, 9.17) is 11.6 Å². The molecule has 31 heavy (non-hydrogen) atoms. The number of likely N-dealkylation sites (tertiary alicyclic amines) is 1. The standard InChI is InChI=1S/C22H22ClFN6O/c23-14-1-3-17-18(11-14)26-22(27-21(17)31)25-7-10-30-8-5-13(6-9-30)20-16-4-2-15(24)12-19(16)28-29-20/h1-4,11-13H,5-10H2,(H,28,29)(H2,25,26,27,31). The molecule has 1 saturated heterocycles. The molecule has 3 heterocycles. The molecule has 7 nitrogen and oxygen atoms in total. The fourth-order valence-electron chi connectivity index (χ4n) is 4.28. The summed E-state index contributed by atoms with van der Waals surface area (Å²) in [6.07, 6.45) is 2.00. The van der Waals surface area contributed by atoms with Crippen LogP contribution in [0.3, 0.4) is 0 Å². The van der Waals surface area contributed by atoms with Gasteiger partial charge < -0.3 is 10.2 Å². The van der Waals surface area contributed by atoms with Gasteiger partial charge in [-0.05, 0) is 62.3 Å². The quantitative estimate of drug-likeness (QED) is 0.438. The first kappa shape index (κ1) is 20.0. The second-order valence-corrected chi connectivity index (χ2v) is 8.35. The maximum absolute atomic E-state index is 13.4. The molecular formula is C22H22ClFN6O. The highest BCUT2D eigenvalue weighted by Gasteiger charge is 2.24. The van der Waals surface area contributed by atoms with Gasteiger partial charge in [0.1, 0.15) is 5.82 Å². The second-order valence-electron chi connectivity index (χ2n) is 7.92. The fraction of sp³-hybridized carbons (Fsp3) is 0.318. The summed E-state index contributed by atoms with van der Waals surface area (Å²) in [6, 6.07) is 9.84. The number of hydrogen-bond acceptors (Lipinski definition) is 5. The molecule has 1 fully saturated rings. The van der Waals surface area contributed by atoms with Gasteiger partial charge in [0.15, 0.2) is 0 Å². The number of nitrogens with zero attached hydrogens (tertiary/aromatic N) is 3. The number of rotatable bonds is 5. The normalized spacial score (nSPS) is 15.7. The van der Waals surface area contributed by atoms with E-state index in [1.165, 1.54) is 12.1 Å². The van der Waals surface area contributed by atoms with Gasteiger partial charge >= 0.3 is 0 Å². The molecule has 3 N–H and O–H groups in total. The third-order valence-electron chi connectivity index (χ3n) is 5.92. The van der Waals surface area contributed by atoms with Crippen LogP contribution in [-0.4, -0.2) is 51.2 Å². The topological polar surface area (TPSA) is 89.7 Å². The smallest absolute Gasteiger partial charge is 0.260 e. The van der Waals surface area contributed by atoms with Gasteiger partial charge in [-0.25, -0.2) is 9.37 Å². The van der Waals surface area contributed by atoms with Gasteiger partial charge in [0, 0.05) is 29.4 Å². The van der Waals surface area contributed by atoms with Gasteiger partial charge in [0.25, 0.3) is 5.56 Å². The van der Waals surface area contributed by atoms with Crippen molar-refractivity contribution in [1.82, 2.24) is 25.1 Å². The van der Waals surface area contributed by atoms with Crippen LogP contribution >= 0.6 is 11.6 Å². The summed E-state index contributed by atoms with van der Waals surface area (Å²) < 4.78 is 13.4. The molecule has 4 aromatic rings. The number of piperidine rings is 1. The number of fused-ring (bicyclic) bond motifs is 2. The van der Waals surface area contributed by atoms with Crippen molar-refractivity contribution >= 4 is 39.4 Å². The summed E-state index contributed by atoms with van der Waals surface area (Å²) in [6.45, 7) is 3.43. The van der Waals surface area contributed by atoms with Gasteiger partial charge in [-0.3, -0.25) is 14.9 Å². The van der Waals surface area contributed by atoms with Crippen molar-refractivity contribution in [1.29, 1.82) is 0 Å². The Labute approximate surface area is 182 Å². The number of aromatic amines is 2. The molecule has 0 unspecified atom stereocenters. The molecule has 1 aliphatic heterocycles. The minimum Gasteiger partial charge on any atom is -0.354 e. The van der Waals surface area contributed by atoms with Crippen LogP contribution in [0.4, 0.5) is 10.3 Å². The van der Waals surface area contributed by atoms with Crippen molar-refractivity contribution in [2.24, 2.45) is 0 Å². The SMILES string of the molecule is O=c1[nH]c(NCCN2CCC(c3n[nH]c4cc(F)ccc34)CC2)nc2cc(Cl)ccc12. The van der Waals surface area contributed by atoms with Crippen LogP contribution in [0.25, 0.3) is 21.8 Å². The lowest BCUT2D eigenvalue weighted by molar-refractivity contribution is 0.218. The maximum Gasteiger partial charge on any atom is 0.260 e. The highest BCUT2D eigenvalue weighted by Crippen LogP contribution is 2.31. The summed E-state index contributed by atoms with van der Waals surface area (Å²) in [5.41, 5.74) is 2.17. The van der Waals surface area contributed by atoms with E-state index in [0.29, 0.717) is 34.3 Å². The van der Waals surface area contributed by atoms with Crippen molar-refractivity contribution in [3.8, 4) is 0 Å². The van der Waals surface area contributed by atoms with E-state index in [2.05, 4.69) is 30.4 Å². The van der Waals surface area contributed by atoms with Gasteiger partial charge in [-0.1, -0.05) is 11.6 Å². The second kappa shape index (κ2) is 8.28. The minimum absolute atomic E-state index is 0.184. The molecule has 2 aromatic carbocycles. The van der Waals surface area contributed by atoms with Crippen LogP contribution < -0.4 is 10.9 Å². The van der Waals surface area contributed by atoms with Crippen LogP contribution in [0.1, 0.15) is 24.5 Å². The van der Waals surface area contributed by atoms with E-state index >= 15 is 0 Å². The van der Waals surface area contributed by atoms with Crippen LogP contribution in [-0.2, 0) is 0 Å². The highest BCUT2D eigenvalue weighted by atomic mass is 35.5. The predicted molar refractivity (Wildman–Crippen MR) is 120 cm³/mol. The first-order chi connectivity index (χ1) is 15.1. The van der Waals surface area contributed by atoms with Gasteiger partial charge in [0.05, 0.1) is 22.1 Å². The van der Waals surface area contributed by atoms with Crippen LogP contribution in [0.5, 0.6) is 0 Å². The number of hydrogen-bond donors (Lipinski definition) is 3. The zero-order chi connectivity index (χ0) is 21.4. The molecule has 0 spiro atoms. The summed E-state index contributed by atoms with van der Waals surface area (Å²) >= 11 is 6.01. The van der Waals surface area contributed by atoms with Crippen molar-refractivity contribution < 1.29 is 4.39 Å². The predicted octanol–water partition coefficient (Wildman–Crippen LogP) is 3.88. The first-order valence-corrected chi connectivity index (χ1v) is 10.7. The Kier molecular flexibility index (Phi) is 5.33. The molecule has 0 atom stereocenters. The Morgan fingerprint density at radius 2 is 1.97 bits per heavy atom. The number of benzene rings is 2. The van der Waals surface area contributed by atoms with Gasteiger partial charge in [-0.2, -0.15) is 5.10 Å². The molecule has 160 valence electrons. The van der Waals surface area contributed by atoms with E-state index in [0.717, 1.165) is 49.1 Å². The summed E-state index contributed by atoms with van der Waals surface area (Å²) in [5, 5.41) is 12.7. The average molecular weight is 441 g/mol. The van der Waals surface area contributed by atoms with Gasteiger partial charge in [-0.15, -0.1) is 0 Å². The van der Waals surface area contributed by atoms with Crippen molar-refractivity contribution in [3.63, 3.8) is 0 Å². The van der Waals surface area contributed by atoms with Gasteiger partial charge in [0.2, 0.25) is 5.95 Å². The number of halogens is 2. The highest BCUT2D eigenvalue weighted by molar-refractivity contribution is 6.31. The van der Waals surface area contributed by atoms with Crippen LogP contribution in [0.2, 0.25) is 5.02 Å². The Bertz CT molecular complexity index is 1290. The third kappa shape index (κ3) is 4.13. The zero-order valence-corrected chi connectivity index (χ0v) is 17.5. The Hall–Kier alpha value is -2.97. The molecule has 0 saturated carbocycles. The molecule has 9 heteroatoms. The van der Waals surface area contributed by atoms with Crippen LogP contribution in [0.15, 0.2) is 41.2 Å². The van der Waals surface area contributed by atoms with E-state index in [1.807, 2.05) is 6.07 Å². The minimum atomic E-state index is -0.254. The number of aromatic nitrogens is 4. The van der Waals surface area contributed by atoms with E-state index in [1.54, 1.807) is 18.2 Å². The number of nitrogens with one attached hydrogen (secondary N) is 3. The zero-order valence-electron chi connectivity index (χ0n) is 16.8. The summed E-state index contributed by atoms with van der Waals surface area (Å²) in [5.74, 6) is 0.562. The Morgan fingerprint density at radius 3 is 2.81 bits per heavy atom. The molecule has 0 bridgehead atoms. The maximum atomic E-state index is 13.4. The lowest BCUT2D eigenvalue weighted by atomic mass is 9.91. The molecule has 0 amide bonds. The Balaban J connectivity index is 1.17. The molecular weight excluding hydrogens is 419 g/mol. The van der Waals surface area contributed by atoms with Crippen LogP contribution in [0, 0.1) is 5.82 Å². The fourth-order valence-corrected chi connectivity index (χ4v) is 4.45. The largest absolute Gasteiger partial charge is 0.354 e. The number of anilines is 1. The van der Waals surface area contributed by atoms with Crippen molar-refractivity contribution in [2.75, 3.05) is 31.5 Å².